The molecule has 13 rings (SSSR count). The summed E-state index contributed by atoms with van der Waals surface area (Å²) in [5.74, 6) is 1.37. The molecule has 13 N–H and O–H groups in total. The lowest BCUT2D eigenvalue weighted by atomic mass is 10.1. The third-order valence-electron chi connectivity index (χ3n) is 16.9. The maximum Gasteiger partial charge on any atom is 0.327 e. The van der Waals surface area contributed by atoms with Gasteiger partial charge in [0.1, 0.15) is 40.2 Å². The second kappa shape index (κ2) is 39.0. The number of carbonyl (C=O) groups is 7. The predicted molar refractivity (Wildman–Crippen MR) is 417 cm³/mol. The first-order chi connectivity index (χ1) is 53.2. The number of ketones is 2. The number of benzene rings is 9. The molecule has 35 heteroatoms. The van der Waals surface area contributed by atoms with Crippen molar-refractivity contribution in [1.29, 1.82) is 0 Å². The number of ether oxygens (including phenoxy) is 4. The number of nitrogen functional groups attached to an aromatic ring is 3. The number of aromatic nitrogens is 2. The summed E-state index contributed by atoms with van der Waals surface area (Å²) >= 11 is 10.1. The molecule has 0 spiro atoms. The number of Topliss-reactive ketones (excluding diaryl/α,β-unsaturated/α-hetero) is 2. The van der Waals surface area contributed by atoms with Crippen LogP contribution in [0.1, 0.15) is 104 Å². The van der Waals surface area contributed by atoms with Crippen LogP contribution in [0, 0.1) is 30.3 Å². The Morgan fingerprint density at radius 1 is 0.568 bits per heavy atom. The molecule has 0 bridgehead atoms. The summed E-state index contributed by atoms with van der Waals surface area (Å²) in [5, 5.41) is 45.9. The third kappa shape index (κ3) is 21.0. The van der Waals surface area contributed by atoms with Crippen molar-refractivity contribution in [2.24, 2.45) is 4.99 Å². The fourth-order valence-electron chi connectivity index (χ4n) is 11.1. The molecule has 10 aromatic rings. The molecule has 574 valence electrons. The van der Waals surface area contributed by atoms with Gasteiger partial charge < -0.3 is 67.7 Å². The van der Waals surface area contributed by atoms with Crippen LogP contribution in [0.5, 0.6) is 23.0 Å². The molecule has 33 nitrogen and oxygen atoms in total. The summed E-state index contributed by atoms with van der Waals surface area (Å²) in [6.07, 6.45) is 0.555. The lowest BCUT2D eigenvalue weighted by Crippen LogP contribution is -2.31. The standard InChI is InChI=1S/C17H15N3O3.C16H15N3O5.C16H13N3O4.C16H17N3O2.C7H5ClN2O3.C4H8ClNO/c1-23-11-7-5-10(6-8-11)14-9-18-16(21)12-3-2-4-13-15(12)20(14)17(22)19-13;1-24-11-7-5-10(6-8-11)14(20)9-18-16(21)12-3-2-4-13(15(12)17)19(22)23;1-23-11-7-5-10(6-8-11)13-9-17-16(20)12-3-2-4-14(19(21)22)15(12)18-13;1-21-11-7-5-10(6-8-11)14-9-18-16(20)12-3-2-4-13(17)15(12)19-14;8-7(11)4-2-1-3-5(6(4)9)10(12)13;1-2-4(7)3-6-5/h2-8,14H,9H2,1H3,(H,18,21)(H,19,22);2-8H,9,17H2,1H3,(H,18,21);2-8H,9H2,1H3,(H,17,20);2-8,14,19H,9,17H2,1H3,(H,18,20);1-3H,9H2;6H,2-3H2,1H3. The smallest absolute Gasteiger partial charge is 0.327 e. The van der Waals surface area contributed by atoms with Gasteiger partial charge in [-0.05, 0) is 155 Å². The first-order valence-corrected chi connectivity index (χ1v) is 34.1. The molecule has 111 heavy (non-hydrogen) atoms. The number of nitrogens with one attached hydrogen (secondary N) is 7. The Morgan fingerprint density at radius 2 is 1.05 bits per heavy atom. The van der Waals surface area contributed by atoms with Crippen LogP contribution in [-0.4, -0.2) is 132 Å². The van der Waals surface area contributed by atoms with E-state index >= 15 is 0 Å². The summed E-state index contributed by atoms with van der Waals surface area (Å²) in [4.78, 5) is 134. The highest BCUT2D eigenvalue weighted by Gasteiger charge is 2.30. The number of amides is 4. The number of hydrogen-bond acceptors (Lipinski definition) is 24. The Morgan fingerprint density at radius 3 is 1.59 bits per heavy atom. The molecule has 2 atom stereocenters. The van der Waals surface area contributed by atoms with E-state index in [4.69, 9.17) is 59.5 Å². The number of nitro benzene ring substituents is 3. The van der Waals surface area contributed by atoms with Crippen LogP contribution < -0.4 is 73.3 Å². The van der Waals surface area contributed by atoms with Crippen molar-refractivity contribution in [3.05, 3.63) is 279 Å². The minimum absolute atomic E-state index is 0.0363. The molecule has 0 saturated carbocycles. The number of nitrogens with zero attached hydrogens (tertiary/aromatic N) is 5. The van der Waals surface area contributed by atoms with Crippen molar-refractivity contribution in [3.63, 3.8) is 0 Å². The number of anilines is 4. The highest BCUT2D eigenvalue weighted by atomic mass is 35.5. The van der Waals surface area contributed by atoms with Crippen LogP contribution in [0.3, 0.4) is 0 Å². The Kier molecular flexibility index (Phi) is 29.0. The zero-order valence-corrected chi connectivity index (χ0v) is 61.4. The molecule has 0 radical (unpaired) electrons. The van der Waals surface area contributed by atoms with Gasteiger partial charge in [-0.3, -0.25) is 68.5 Å². The summed E-state index contributed by atoms with van der Waals surface area (Å²) < 4.78 is 22.1. The van der Waals surface area contributed by atoms with Crippen LogP contribution in [0.4, 0.5) is 45.5 Å². The van der Waals surface area contributed by atoms with E-state index in [0.717, 1.165) is 28.2 Å². The average molecular weight is 1560 g/mol. The molecule has 0 aliphatic carbocycles. The van der Waals surface area contributed by atoms with E-state index in [1.54, 1.807) is 118 Å². The Labute approximate surface area is 642 Å². The maximum absolute atomic E-state index is 12.5. The number of hydrogen-bond donors (Lipinski definition) is 10. The molecule has 3 aliphatic rings. The quantitative estimate of drug-likeness (QED) is 0.00952. The van der Waals surface area contributed by atoms with Crippen LogP contribution in [-0.2, 0) is 4.79 Å². The Bertz CT molecular complexity index is 5180. The number of nitrogens with two attached hydrogens (primary N) is 3. The highest BCUT2D eigenvalue weighted by Crippen LogP contribution is 2.35. The van der Waals surface area contributed by atoms with Gasteiger partial charge in [-0.1, -0.05) is 61.5 Å². The minimum Gasteiger partial charge on any atom is -0.497 e. The number of carbonyl (C=O) groups excluding carboxylic acids is 7. The fraction of sp³-hybridized carbons (Fsp3) is 0.171. The molecular formula is C76H73Cl2N15O18. The number of halogens is 2. The van der Waals surface area contributed by atoms with Crippen molar-refractivity contribution in [2.75, 3.05) is 83.7 Å². The van der Waals surface area contributed by atoms with Gasteiger partial charge in [0.2, 0.25) is 0 Å². The summed E-state index contributed by atoms with van der Waals surface area (Å²) in [6.45, 7) is 2.87. The van der Waals surface area contributed by atoms with E-state index in [1.165, 1.54) is 61.7 Å². The van der Waals surface area contributed by atoms with Crippen LogP contribution in [0.2, 0.25) is 0 Å². The lowest BCUT2D eigenvalue weighted by Gasteiger charge is -2.19. The van der Waals surface area contributed by atoms with E-state index in [-0.39, 0.29) is 118 Å². The zero-order chi connectivity index (χ0) is 80.6. The molecule has 1 aromatic heterocycles. The first kappa shape index (κ1) is 82.6. The van der Waals surface area contributed by atoms with Crippen LogP contribution in [0.25, 0.3) is 11.0 Å². The topological polar surface area (TPSA) is 486 Å². The third-order valence-corrected chi connectivity index (χ3v) is 17.3. The number of methoxy groups -OCH3 is 4. The van der Waals surface area contributed by atoms with E-state index in [9.17, 15) is 68.7 Å². The summed E-state index contributed by atoms with van der Waals surface area (Å²) in [5.41, 5.74) is 23.0. The van der Waals surface area contributed by atoms with Gasteiger partial charge >= 0.3 is 5.69 Å². The second-order valence-electron chi connectivity index (χ2n) is 23.7. The number of aromatic amines is 1. The molecule has 0 fully saturated rings. The summed E-state index contributed by atoms with van der Waals surface area (Å²) in [6, 6.07) is 51.3. The highest BCUT2D eigenvalue weighted by molar-refractivity contribution is 6.68. The van der Waals surface area contributed by atoms with Crippen molar-refractivity contribution >= 4 is 126 Å². The van der Waals surface area contributed by atoms with Gasteiger partial charge in [0, 0.05) is 43.3 Å². The molecule has 3 aliphatic heterocycles. The molecule has 4 amide bonds. The van der Waals surface area contributed by atoms with Crippen LogP contribution in [0.15, 0.2) is 198 Å². The lowest BCUT2D eigenvalue weighted by molar-refractivity contribution is -0.384. The number of rotatable bonds is 18. The molecule has 4 heterocycles. The maximum atomic E-state index is 12.5. The molecule has 0 saturated heterocycles. The first-order valence-electron chi connectivity index (χ1n) is 33.3. The molecule has 2 unspecified atom stereocenters. The number of para-hydroxylation sites is 5. The van der Waals surface area contributed by atoms with Crippen LogP contribution >= 0.6 is 23.4 Å². The van der Waals surface area contributed by atoms with Gasteiger partial charge in [0.25, 0.3) is 45.9 Å². The van der Waals surface area contributed by atoms with Crippen molar-refractivity contribution in [2.45, 2.75) is 25.4 Å². The number of fused-ring (bicyclic) bond motifs is 2. The van der Waals surface area contributed by atoms with Gasteiger partial charge in [-0.25, -0.2) is 14.6 Å². The van der Waals surface area contributed by atoms with Crippen molar-refractivity contribution in [3.8, 4) is 23.0 Å². The van der Waals surface area contributed by atoms with E-state index in [2.05, 4.69) is 41.4 Å². The number of nitro groups is 3. The van der Waals surface area contributed by atoms with Crippen molar-refractivity contribution in [1.82, 2.24) is 35.7 Å². The normalized spacial score (nSPS) is 13.4. The van der Waals surface area contributed by atoms with Gasteiger partial charge in [-0.2, -0.15) is 0 Å². The number of aliphatic imine (C=N–C) groups is 1. The van der Waals surface area contributed by atoms with E-state index < -0.39 is 25.9 Å². The Balaban J connectivity index is 0.000000172. The van der Waals surface area contributed by atoms with Crippen molar-refractivity contribution < 1.29 is 67.3 Å². The number of H-pyrrole nitrogens is 1. The van der Waals surface area contributed by atoms with Gasteiger partial charge in [0.15, 0.2) is 11.5 Å². The SMILES string of the molecule is CCC(=O)CNCl.COc1ccc(C(=O)CNC(=O)c2cccc([N+](=O)[O-])c2N)cc1.COc1ccc(C2=Nc3c(cccc3[N+](=O)[O-])C(=O)NC2)cc1.COc1ccc(C2CNC(=O)c3cccc(N)c3N2)cc1.COc1ccc(C2CNC(=O)c3cccc4[nH]c(=O)n2c34)cc1.Nc1c(C(=O)Cl)cccc1[N+](=O)[O-]. The van der Waals surface area contributed by atoms with E-state index in [0.29, 0.717) is 75.8 Å². The predicted octanol–water partition coefficient (Wildman–Crippen LogP) is 10.4. The summed E-state index contributed by atoms with van der Waals surface area (Å²) in [7, 11) is 6.33. The zero-order valence-electron chi connectivity index (χ0n) is 59.9. The number of imidazole rings is 1. The second-order valence-corrected chi connectivity index (χ2v) is 24.3. The molecular weight excluding hydrogens is 1480 g/mol. The van der Waals surface area contributed by atoms with Gasteiger partial charge in [-0.15, -0.1) is 0 Å². The monoisotopic (exact) mass is 1550 g/mol. The largest absolute Gasteiger partial charge is 0.497 e. The molecule has 9 aromatic carbocycles. The Hall–Kier alpha value is -14.1. The average Bonchev–Trinajstić information content (AvgIpc) is 1.60. The minimum atomic E-state index is -0.804. The van der Waals surface area contributed by atoms with Gasteiger partial charge in [0.05, 0.1) is 131 Å². The fourth-order valence-corrected chi connectivity index (χ4v) is 11.4. The van der Waals surface area contributed by atoms with E-state index in [1.807, 2.05) is 48.5 Å².